The van der Waals surface area contributed by atoms with Gasteiger partial charge in [-0.2, -0.15) is 0 Å². The van der Waals surface area contributed by atoms with Gasteiger partial charge in [0.25, 0.3) is 0 Å². The van der Waals surface area contributed by atoms with Crippen molar-refractivity contribution in [2.45, 2.75) is 6.42 Å². The van der Waals surface area contributed by atoms with Gasteiger partial charge < -0.3 is 0 Å². The SMILES string of the molecule is C#CCC(=O)c1cccc(Cl)c1. The molecule has 0 amide bonds. The summed E-state index contributed by atoms with van der Waals surface area (Å²) in [5, 5.41) is 0.554. The van der Waals surface area contributed by atoms with Crippen molar-refractivity contribution in [3.8, 4) is 12.3 Å². The molecule has 12 heavy (non-hydrogen) atoms. The molecule has 0 saturated carbocycles. The van der Waals surface area contributed by atoms with E-state index >= 15 is 0 Å². The molecular weight excluding hydrogens is 172 g/mol. The number of carbonyl (C=O) groups excluding carboxylic acids is 1. The minimum Gasteiger partial charge on any atom is -0.293 e. The van der Waals surface area contributed by atoms with Crippen LogP contribution < -0.4 is 0 Å². The van der Waals surface area contributed by atoms with Gasteiger partial charge in [-0.15, -0.1) is 6.42 Å². The van der Waals surface area contributed by atoms with Crippen molar-refractivity contribution in [2.75, 3.05) is 0 Å². The molecule has 0 atom stereocenters. The van der Waals surface area contributed by atoms with Crippen molar-refractivity contribution in [2.24, 2.45) is 0 Å². The Morgan fingerprint density at radius 1 is 1.58 bits per heavy atom. The third kappa shape index (κ3) is 2.11. The molecule has 1 nitrogen and oxygen atoms in total. The van der Waals surface area contributed by atoms with E-state index in [0.29, 0.717) is 10.6 Å². The molecule has 0 heterocycles. The number of hydrogen-bond donors (Lipinski definition) is 0. The van der Waals surface area contributed by atoms with Crippen LogP contribution in [0.2, 0.25) is 5.02 Å². The van der Waals surface area contributed by atoms with Gasteiger partial charge in [-0.25, -0.2) is 0 Å². The second-order valence-corrected chi connectivity index (χ2v) is 2.75. The summed E-state index contributed by atoms with van der Waals surface area (Å²) in [6, 6.07) is 6.76. The Kier molecular flexibility index (Phi) is 2.90. The van der Waals surface area contributed by atoms with Crippen LogP contribution in [-0.2, 0) is 0 Å². The zero-order valence-electron chi connectivity index (χ0n) is 6.38. The summed E-state index contributed by atoms with van der Waals surface area (Å²) in [6.45, 7) is 0. The topological polar surface area (TPSA) is 17.1 Å². The standard InChI is InChI=1S/C10H7ClO/c1-2-4-10(12)8-5-3-6-9(11)7-8/h1,3,5-7H,4H2. The molecule has 0 aliphatic carbocycles. The summed E-state index contributed by atoms with van der Waals surface area (Å²) in [5.74, 6) is 2.22. The molecule has 60 valence electrons. The maximum absolute atomic E-state index is 11.2. The van der Waals surface area contributed by atoms with Crippen LogP contribution in [0.4, 0.5) is 0 Å². The van der Waals surface area contributed by atoms with Crippen LogP contribution in [-0.4, -0.2) is 5.78 Å². The summed E-state index contributed by atoms with van der Waals surface area (Å²) < 4.78 is 0. The Morgan fingerprint density at radius 2 is 2.33 bits per heavy atom. The molecule has 1 rings (SSSR count). The molecule has 0 aliphatic rings. The monoisotopic (exact) mass is 178 g/mol. The second-order valence-electron chi connectivity index (χ2n) is 2.31. The number of terminal acetylenes is 1. The molecule has 0 fully saturated rings. The molecule has 0 aliphatic heterocycles. The predicted molar refractivity (Wildman–Crippen MR) is 49.2 cm³/mol. The highest BCUT2D eigenvalue weighted by molar-refractivity contribution is 6.31. The molecule has 1 aromatic rings. The summed E-state index contributed by atoms with van der Waals surface area (Å²) in [5.41, 5.74) is 0.570. The van der Waals surface area contributed by atoms with Crippen LogP contribution in [0.1, 0.15) is 16.8 Å². The van der Waals surface area contributed by atoms with Gasteiger partial charge in [0.05, 0.1) is 6.42 Å². The Labute approximate surface area is 76.4 Å². The third-order valence-electron chi connectivity index (χ3n) is 1.41. The van der Waals surface area contributed by atoms with Crippen molar-refractivity contribution < 1.29 is 4.79 Å². The average molecular weight is 179 g/mol. The Morgan fingerprint density at radius 3 is 2.92 bits per heavy atom. The number of carbonyl (C=O) groups is 1. The molecule has 2 heteroatoms. The van der Waals surface area contributed by atoms with E-state index in [9.17, 15) is 4.79 Å². The molecule has 0 aromatic heterocycles. The first-order valence-corrected chi connectivity index (χ1v) is 3.84. The molecule has 0 saturated heterocycles. The smallest absolute Gasteiger partial charge is 0.174 e. The van der Waals surface area contributed by atoms with Gasteiger partial charge in [0, 0.05) is 10.6 Å². The minimum atomic E-state index is -0.0694. The van der Waals surface area contributed by atoms with E-state index in [1.54, 1.807) is 24.3 Å². The zero-order valence-corrected chi connectivity index (χ0v) is 7.14. The van der Waals surface area contributed by atoms with Gasteiger partial charge in [-0.1, -0.05) is 29.7 Å². The minimum absolute atomic E-state index is 0.0694. The Bertz CT molecular complexity index is 336. The molecule has 0 radical (unpaired) electrons. The highest BCUT2D eigenvalue weighted by atomic mass is 35.5. The molecule has 0 spiro atoms. The first kappa shape index (κ1) is 8.83. The lowest BCUT2D eigenvalue weighted by Gasteiger charge is -1.96. The Balaban J connectivity index is 2.90. The van der Waals surface area contributed by atoms with E-state index < -0.39 is 0 Å². The second kappa shape index (κ2) is 3.94. The van der Waals surface area contributed by atoms with Gasteiger partial charge in [-0.05, 0) is 12.1 Å². The van der Waals surface area contributed by atoms with Crippen LogP contribution >= 0.6 is 11.6 Å². The number of rotatable bonds is 2. The fraction of sp³-hybridized carbons (Fsp3) is 0.100. The fourth-order valence-corrected chi connectivity index (χ4v) is 1.05. The number of halogens is 1. The molecule has 1 aromatic carbocycles. The summed E-state index contributed by atoms with van der Waals surface area (Å²) in [7, 11) is 0. The van der Waals surface area contributed by atoms with Crippen LogP contribution in [0.15, 0.2) is 24.3 Å². The maximum Gasteiger partial charge on any atom is 0.174 e. The average Bonchev–Trinajstić information content (AvgIpc) is 2.05. The largest absolute Gasteiger partial charge is 0.293 e. The van der Waals surface area contributed by atoms with Crippen molar-refractivity contribution in [3.05, 3.63) is 34.9 Å². The van der Waals surface area contributed by atoms with Gasteiger partial charge >= 0.3 is 0 Å². The number of Topliss-reactive ketones (excluding diaryl/α,β-unsaturated/α-hetero) is 1. The quantitative estimate of drug-likeness (QED) is 0.503. The lowest BCUT2D eigenvalue weighted by atomic mass is 10.1. The van der Waals surface area contributed by atoms with Gasteiger partial charge in [0.1, 0.15) is 0 Å². The molecule has 0 N–H and O–H groups in total. The molecular formula is C10H7ClO. The zero-order chi connectivity index (χ0) is 8.97. The van der Waals surface area contributed by atoms with E-state index in [1.807, 2.05) is 0 Å². The van der Waals surface area contributed by atoms with E-state index in [4.69, 9.17) is 18.0 Å². The number of hydrogen-bond acceptors (Lipinski definition) is 1. The lowest BCUT2D eigenvalue weighted by Crippen LogP contribution is -1.96. The Hall–Kier alpha value is -1.26. The normalized spacial score (nSPS) is 9.00. The third-order valence-corrected chi connectivity index (χ3v) is 1.64. The van der Waals surface area contributed by atoms with Crippen LogP contribution in [0.5, 0.6) is 0 Å². The molecule has 0 unspecified atom stereocenters. The summed E-state index contributed by atoms with van der Waals surface area (Å²) >= 11 is 5.69. The van der Waals surface area contributed by atoms with E-state index in [-0.39, 0.29) is 12.2 Å². The number of benzene rings is 1. The van der Waals surface area contributed by atoms with E-state index in [2.05, 4.69) is 5.92 Å². The van der Waals surface area contributed by atoms with Crippen LogP contribution in [0, 0.1) is 12.3 Å². The first-order valence-electron chi connectivity index (χ1n) is 3.46. The lowest BCUT2D eigenvalue weighted by molar-refractivity contribution is 0.0998. The summed E-state index contributed by atoms with van der Waals surface area (Å²) in [6.07, 6.45) is 5.13. The van der Waals surface area contributed by atoms with E-state index in [0.717, 1.165) is 0 Å². The van der Waals surface area contributed by atoms with Crippen molar-refractivity contribution in [3.63, 3.8) is 0 Å². The number of ketones is 1. The predicted octanol–water partition coefficient (Wildman–Crippen LogP) is 2.55. The van der Waals surface area contributed by atoms with Gasteiger partial charge in [0.15, 0.2) is 5.78 Å². The first-order chi connectivity index (χ1) is 5.74. The fourth-order valence-electron chi connectivity index (χ4n) is 0.857. The highest BCUT2D eigenvalue weighted by Gasteiger charge is 2.02. The highest BCUT2D eigenvalue weighted by Crippen LogP contribution is 2.11. The van der Waals surface area contributed by atoms with Crippen molar-refractivity contribution in [1.82, 2.24) is 0 Å². The van der Waals surface area contributed by atoms with Crippen LogP contribution in [0.3, 0.4) is 0 Å². The molecule has 0 bridgehead atoms. The van der Waals surface area contributed by atoms with Crippen LogP contribution in [0.25, 0.3) is 0 Å². The van der Waals surface area contributed by atoms with Gasteiger partial charge in [0.2, 0.25) is 0 Å². The van der Waals surface area contributed by atoms with Crippen molar-refractivity contribution in [1.29, 1.82) is 0 Å². The van der Waals surface area contributed by atoms with Crippen molar-refractivity contribution >= 4 is 17.4 Å². The summed E-state index contributed by atoms with van der Waals surface area (Å²) in [4.78, 5) is 11.2. The maximum atomic E-state index is 11.2. The van der Waals surface area contributed by atoms with Gasteiger partial charge in [-0.3, -0.25) is 4.79 Å². The van der Waals surface area contributed by atoms with E-state index in [1.165, 1.54) is 0 Å².